The third kappa shape index (κ3) is 6.10. The highest BCUT2D eigenvalue weighted by molar-refractivity contribution is 8.22. The Labute approximate surface area is 260 Å². The number of benzene rings is 3. The Hall–Kier alpha value is -2.39. The summed E-state index contributed by atoms with van der Waals surface area (Å²) in [6.07, 6.45) is 1.96. The number of carbonyl (C=O) groups excluding carboxylic acids is 1. The molecule has 5 rings (SSSR count). The molecular weight excluding hydrogens is 612 g/mol. The summed E-state index contributed by atoms with van der Waals surface area (Å²) in [5.74, 6) is 0.263. The van der Waals surface area contributed by atoms with Crippen molar-refractivity contribution in [3.8, 4) is 5.75 Å². The molecule has 0 spiro atoms. The highest BCUT2D eigenvalue weighted by atomic mass is 35.5. The first-order valence-electron chi connectivity index (χ1n) is 12.1. The lowest BCUT2D eigenvalue weighted by atomic mass is 9.90. The number of fused-ring (bicyclic) bond motifs is 2. The van der Waals surface area contributed by atoms with Crippen LogP contribution in [0.4, 0.5) is 0 Å². The Morgan fingerprint density at radius 3 is 2.42 bits per heavy atom. The van der Waals surface area contributed by atoms with Crippen LogP contribution in [0.1, 0.15) is 24.1 Å². The monoisotopic (exact) mass is 639 g/mol. The molecule has 1 unspecified atom stereocenters. The lowest BCUT2D eigenvalue weighted by Gasteiger charge is -2.34. The van der Waals surface area contributed by atoms with Crippen LogP contribution in [0.2, 0.25) is 10.0 Å². The lowest BCUT2D eigenvalue weighted by molar-refractivity contribution is -0.140. The molecule has 0 saturated heterocycles. The van der Waals surface area contributed by atoms with Crippen LogP contribution in [-0.2, 0) is 9.53 Å². The van der Waals surface area contributed by atoms with E-state index >= 15 is 0 Å². The number of aliphatic imine (C=N–C) groups is 1. The van der Waals surface area contributed by atoms with E-state index in [0.29, 0.717) is 33.6 Å². The zero-order chi connectivity index (χ0) is 27.0. The number of esters is 1. The average molecular weight is 641 g/mol. The van der Waals surface area contributed by atoms with Crippen molar-refractivity contribution in [2.24, 2.45) is 4.99 Å². The minimum atomic E-state index is -0.540. The van der Waals surface area contributed by atoms with E-state index in [9.17, 15) is 4.79 Å². The molecule has 0 N–H and O–H groups in total. The highest BCUT2D eigenvalue weighted by Crippen LogP contribution is 2.51. The molecule has 0 radical (unpaired) electrons. The zero-order valence-electron chi connectivity index (χ0n) is 22.3. The van der Waals surface area contributed by atoms with Crippen molar-refractivity contribution in [2.75, 3.05) is 34.4 Å². The third-order valence-corrected chi connectivity index (χ3v) is 8.15. The van der Waals surface area contributed by atoms with Crippen molar-refractivity contribution in [2.45, 2.75) is 13.0 Å². The molecule has 0 aromatic heterocycles. The highest BCUT2D eigenvalue weighted by Gasteiger charge is 2.42. The summed E-state index contributed by atoms with van der Waals surface area (Å²) in [4.78, 5) is 23.3. The van der Waals surface area contributed by atoms with Gasteiger partial charge in [-0.05, 0) is 61.8 Å². The normalized spacial score (nSPS) is 16.2. The number of carbonyl (C=O) groups is 1. The molecule has 2 aliphatic rings. The summed E-state index contributed by atoms with van der Waals surface area (Å²) < 4.78 is 11.6. The molecule has 0 bridgehead atoms. The summed E-state index contributed by atoms with van der Waals surface area (Å²) in [6.45, 7) is 2.73. The second-order valence-electron chi connectivity index (χ2n) is 9.24. The molecule has 3 aromatic rings. The van der Waals surface area contributed by atoms with Crippen LogP contribution in [0.15, 0.2) is 77.1 Å². The maximum absolute atomic E-state index is 13.7. The van der Waals surface area contributed by atoms with Gasteiger partial charge in [-0.15, -0.1) is 24.8 Å². The van der Waals surface area contributed by atoms with Gasteiger partial charge in [-0.3, -0.25) is 0 Å². The molecular formula is C29H29Cl4N3O3S. The number of amidine groups is 1. The maximum Gasteiger partial charge on any atom is 0.338 e. The predicted octanol–water partition coefficient (Wildman–Crippen LogP) is 7.84. The Bertz CT molecular complexity index is 1500. The van der Waals surface area contributed by atoms with Gasteiger partial charge in [0.2, 0.25) is 0 Å². The molecule has 0 amide bonds. The van der Waals surface area contributed by atoms with E-state index < -0.39 is 12.0 Å². The molecule has 40 heavy (non-hydrogen) atoms. The number of likely N-dealkylation sites (N-methyl/N-ethyl adjacent to an activating group) is 1. The van der Waals surface area contributed by atoms with Gasteiger partial charge in [0.15, 0.2) is 5.17 Å². The van der Waals surface area contributed by atoms with E-state index in [1.807, 2.05) is 91.6 Å². The average Bonchev–Trinajstić information content (AvgIpc) is 3.29. The number of ether oxygens (including phenoxy) is 2. The summed E-state index contributed by atoms with van der Waals surface area (Å²) in [5, 5.41) is 3.83. The number of nitrogens with zero attached hydrogens (tertiary/aromatic N) is 3. The minimum Gasteiger partial charge on any atom is -0.496 e. The van der Waals surface area contributed by atoms with E-state index in [1.165, 1.54) is 11.8 Å². The molecule has 3 aromatic carbocycles. The number of allylic oxidation sites excluding steroid dienone is 1. The SMILES string of the molecule is COc1ccc2ccccc2c1C1C(C(=O)OCCN(C)C)=C(C)N=C2SC(c3c(Cl)cccc3Cl)=CN21.Cl.Cl. The van der Waals surface area contributed by atoms with Crippen molar-refractivity contribution in [3.05, 3.63) is 93.2 Å². The van der Waals surface area contributed by atoms with Crippen molar-refractivity contribution in [1.29, 1.82) is 0 Å². The van der Waals surface area contributed by atoms with Crippen LogP contribution in [0.25, 0.3) is 15.7 Å². The van der Waals surface area contributed by atoms with Crippen LogP contribution < -0.4 is 4.74 Å². The van der Waals surface area contributed by atoms with Gasteiger partial charge in [0.25, 0.3) is 0 Å². The van der Waals surface area contributed by atoms with Gasteiger partial charge in [0.05, 0.1) is 34.5 Å². The Morgan fingerprint density at radius 1 is 1.05 bits per heavy atom. The summed E-state index contributed by atoms with van der Waals surface area (Å²) >= 11 is 14.6. The fraction of sp³-hybridized carbons (Fsp3) is 0.241. The van der Waals surface area contributed by atoms with Gasteiger partial charge in [-0.25, -0.2) is 9.79 Å². The van der Waals surface area contributed by atoms with Crippen molar-refractivity contribution < 1.29 is 14.3 Å². The molecule has 2 aliphatic heterocycles. The van der Waals surface area contributed by atoms with Gasteiger partial charge in [-0.2, -0.15) is 0 Å². The summed E-state index contributed by atoms with van der Waals surface area (Å²) in [5.41, 5.74) is 2.65. The second-order valence-corrected chi connectivity index (χ2v) is 11.1. The number of halogens is 4. The van der Waals surface area contributed by atoms with E-state index in [-0.39, 0.29) is 31.4 Å². The van der Waals surface area contributed by atoms with E-state index in [2.05, 4.69) is 0 Å². The smallest absolute Gasteiger partial charge is 0.338 e. The molecule has 2 heterocycles. The molecule has 6 nitrogen and oxygen atoms in total. The summed E-state index contributed by atoms with van der Waals surface area (Å²) in [6, 6.07) is 16.9. The topological polar surface area (TPSA) is 54.4 Å². The standard InChI is InChI=1S/C29H27Cl2N3O3S.2ClH/c1-17-24(28(35)37-15-14-33(2)3)27(25-19-9-6-5-8-18(19)12-13-22(25)36-4)34-16-23(38-29(34)32-17)26-20(30)10-7-11-21(26)31;;/h5-13,16,27H,14-15H2,1-4H3;2*1H. The quantitative estimate of drug-likeness (QED) is 0.245. The van der Waals surface area contributed by atoms with E-state index in [0.717, 1.165) is 32.0 Å². The van der Waals surface area contributed by atoms with Gasteiger partial charge >= 0.3 is 5.97 Å². The molecule has 0 saturated carbocycles. The first-order valence-corrected chi connectivity index (χ1v) is 13.7. The Kier molecular flexibility index (Phi) is 10.9. The van der Waals surface area contributed by atoms with Crippen LogP contribution in [0.5, 0.6) is 5.75 Å². The van der Waals surface area contributed by atoms with Crippen LogP contribution in [-0.4, -0.2) is 55.3 Å². The first-order chi connectivity index (χ1) is 18.3. The zero-order valence-corrected chi connectivity index (χ0v) is 26.3. The van der Waals surface area contributed by atoms with Gasteiger partial charge in [-0.1, -0.05) is 59.6 Å². The fourth-order valence-corrected chi connectivity index (χ4v) is 6.54. The van der Waals surface area contributed by atoms with Gasteiger partial charge in [0, 0.05) is 28.8 Å². The maximum atomic E-state index is 13.7. The summed E-state index contributed by atoms with van der Waals surface area (Å²) in [7, 11) is 5.51. The van der Waals surface area contributed by atoms with Crippen LogP contribution >= 0.6 is 59.8 Å². The van der Waals surface area contributed by atoms with Crippen LogP contribution in [0, 0.1) is 0 Å². The first kappa shape index (κ1) is 32.1. The van der Waals surface area contributed by atoms with Crippen molar-refractivity contribution in [3.63, 3.8) is 0 Å². The molecule has 212 valence electrons. The molecule has 11 heteroatoms. The predicted molar refractivity (Wildman–Crippen MR) is 171 cm³/mol. The van der Waals surface area contributed by atoms with Gasteiger partial charge in [0.1, 0.15) is 12.4 Å². The lowest BCUT2D eigenvalue weighted by Crippen LogP contribution is -2.35. The third-order valence-electron chi connectivity index (χ3n) is 6.51. The minimum absolute atomic E-state index is 0. The van der Waals surface area contributed by atoms with Crippen molar-refractivity contribution >= 4 is 86.6 Å². The Morgan fingerprint density at radius 2 is 1.75 bits per heavy atom. The van der Waals surface area contributed by atoms with Crippen molar-refractivity contribution in [1.82, 2.24) is 9.80 Å². The second kappa shape index (κ2) is 13.5. The van der Waals surface area contributed by atoms with Gasteiger partial charge < -0.3 is 19.3 Å². The molecule has 0 aliphatic carbocycles. The van der Waals surface area contributed by atoms with E-state index in [1.54, 1.807) is 7.11 Å². The molecule has 0 fully saturated rings. The Balaban J connectivity index is 0.00000220. The fourth-order valence-electron chi connectivity index (χ4n) is 4.69. The molecule has 1 atom stereocenters. The number of hydrogen-bond donors (Lipinski definition) is 0. The van der Waals surface area contributed by atoms with Crippen LogP contribution in [0.3, 0.4) is 0 Å². The number of thioether (sulfide) groups is 1. The van der Waals surface area contributed by atoms with E-state index in [4.69, 9.17) is 37.7 Å². The largest absolute Gasteiger partial charge is 0.496 e. The number of methoxy groups -OCH3 is 1. The number of rotatable bonds is 7. The number of hydrogen-bond acceptors (Lipinski definition) is 7.